The van der Waals surface area contributed by atoms with E-state index in [9.17, 15) is 13.2 Å². The van der Waals surface area contributed by atoms with Crippen molar-refractivity contribution in [2.75, 3.05) is 24.9 Å². The number of carbonyl (C=O) groups is 1. The summed E-state index contributed by atoms with van der Waals surface area (Å²) in [5.74, 6) is 0.422. The first-order valence-corrected chi connectivity index (χ1v) is 9.71. The Bertz CT molecular complexity index is 917. The number of anilines is 1. The number of benzene rings is 2. The van der Waals surface area contributed by atoms with Crippen molar-refractivity contribution in [1.82, 2.24) is 4.90 Å². The van der Waals surface area contributed by atoms with Crippen LogP contribution in [0.15, 0.2) is 59.5 Å². The predicted molar refractivity (Wildman–Crippen MR) is 100 cm³/mol. The maximum Gasteiger partial charge on any atom is 0.262 e. The highest BCUT2D eigenvalue weighted by Crippen LogP contribution is 2.26. The van der Waals surface area contributed by atoms with Crippen LogP contribution in [0.1, 0.15) is 12.0 Å². The molecule has 1 aliphatic heterocycles. The summed E-state index contributed by atoms with van der Waals surface area (Å²) in [7, 11) is -2.25. The van der Waals surface area contributed by atoms with Crippen LogP contribution in [0, 0.1) is 0 Å². The zero-order chi connectivity index (χ0) is 18.6. The van der Waals surface area contributed by atoms with Crippen LogP contribution in [-0.4, -0.2) is 39.4 Å². The van der Waals surface area contributed by atoms with E-state index < -0.39 is 10.0 Å². The molecule has 0 unspecified atom stereocenters. The van der Waals surface area contributed by atoms with E-state index in [1.165, 1.54) is 25.3 Å². The molecule has 6 nitrogen and oxygen atoms in total. The van der Waals surface area contributed by atoms with Gasteiger partial charge in [0.1, 0.15) is 5.75 Å². The van der Waals surface area contributed by atoms with Crippen LogP contribution in [0.4, 0.5) is 5.69 Å². The van der Waals surface area contributed by atoms with Crippen LogP contribution in [0.2, 0.25) is 0 Å². The van der Waals surface area contributed by atoms with Gasteiger partial charge in [-0.05, 0) is 42.3 Å². The fourth-order valence-electron chi connectivity index (χ4n) is 2.50. The van der Waals surface area contributed by atoms with E-state index in [0.29, 0.717) is 11.4 Å². The zero-order valence-corrected chi connectivity index (χ0v) is 15.2. The number of likely N-dealkylation sites (tertiary alicyclic amines) is 1. The summed E-state index contributed by atoms with van der Waals surface area (Å²) in [6.45, 7) is 1.60. The topological polar surface area (TPSA) is 75.7 Å². The molecular weight excluding hydrogens is 352 g/mol. The zero-order valence-electron chi connectivity index (χ0n) is 14.4. The van der Waals surface area contributed by atoms with Crippen molar-refractivity contribution in [3.8, 4) is 5.75 Å². The molecule has 0 radical (unpaired) electrons. The first-order chi connectivity index (χ1) is 12.5. The van der Waals surface area contributed by atoms with E-state index in [1.54, 1.807) is 47.4 Å². The summed E-state index contributed by atoms with van der Waals surface area (Å²) >= 11 is 0. The average Bonchev–Trinajstić information content (AvgIpc) is 2.59. The molecule has 1 saturated heterocycles. The second-order valence-electron chi connectivity index (χ2n) is 5.89. The first-order valence-electron chi connectivity index (χ1n) is 8.22. The molecule has 1 N–H and O–H groups in total. The van der Waals surface area contributed by atoms with Crippen molar-refractivity contribution in [3.63, 3.8) is 0 Å². The second-order valence-corrected chi connectivity index (χ2v) is 7.57. The summed E-state index contributed by atoms with van der Waals surface area (Å²) in [6, 6.07) is 13.1. The SMILES string of the molecule is COc1ccccc1NS(=O)(=O)c1ccc(C=CC(=O)N2CCC2)cc1. The van der Waals surface area contributed by atoms with Crippen LogP contribution in [0.3, 0.4) is 0 Å². The number of hydrogen-bond donors (Lipinski definition) is 1. The predicted octanol–water partition coefficient (Wildman–Crippen LogP) is 2.74. The van der Waals surface area contributed by atoms with Gasteiger partial charge in [-0.2, -0.15) is 0 Å². The number of para-hydroxylation sites is 2. The molecule has 2 aromatic carbocycles. The van der Waals surface area contributed by atoms with Crippen molar-refractivity contribution >= 4 is 27.7 Å². The van der Waals surface area contributed by atoms with Gasteiger partial charge in [0.05, 0.1) is 17.7 Å². The van der Waals surface area contributed by atoms with Gasteiger partial charge in [0.25, 0.3) is 10.0 Å². The molecule has 0 atom stereocenters. The second kappa shape index (κ2) is 7.61. The summed E-state index contributed by atoms with van der Waals surface area (Å²) in [5, 5.41) is 0. The van der Waals surface area contributed by atoms with Crippen molar-refractivity contribution in [2.45, 2.75) is 11.3 Å². The van der Waals surface area contributed by atoms with E-state index in [1.807, 2.05) is 0 Å². The minimum atomic E-state index is -3.73. The number of sulfonamides is 1. The standard InChI is InChI=1S/C19H20N2O4S/c1-25-18-6-3-2-5-17(18)20-26(23,24)16-10-7-15(8-11-16)9-12-19(22)21-13-4-14-21/h2-3,5-12,20H,4,13-14H2,1H3. The maximum absolute atomic E-state index is 12.5. The summed E-state index contributed by atoms with van der Waals surface area (Å²) in [5.41, 5.74) is 1.13. The molecular formula is C19H20N2O4S. The number of methoxy groups -OCH3 is 1. The van der Waals surface area contributed by atoms with Crippen LogP contribution in [0.25, 0.3) is 6.08 Å². The van der Waals surface area contributed by atoms with Gasteiger partial charge in [-0.3, -0.25) is 9.52 Å². The fraction of sp³-hybridized carbons (Fsp3) is 0.211. The average molecular weight is 372 g/mol. The lowest BCUT2D eigenvalue weighted by Crippen LogP contribution is -2.40. The molecule has 1 amide bonds. The van der Waals surface area contributed by atoms with E-state index >= 15 is 0 Å². The lowest BCUT2D eigenvalue weighted by atomic mass is 10.2. The molecule has 136 valence electrons. The van der Waals surface area contributed by atoms with Crippen molar-refractivity contribution in [2.24, 2.45) is 0 Å². The molecule has 0 bridgehead atoms. The van der Waals surface area contributed by atoms with Gasteiger partial charge in [0.15, 0.2) is 0 Å². The monoisotopic (exact) mass is 372 g/mol. The van der Waals surface area contributed by atoms with Gasteiger partial charge in [-0.25, -0.2) is 8.42 Å². The van der Waals surface area contributed by atoms with Crippen molar-refractivity contribution < 1.29 is 17.9 Å². The normalized spacial score (nSPS) is 14.1. The summed E-state index contributed by atoms with van der Waals surface area (Å²) in [6.07, 6.45) is 4.24. The van der Waals surface area contributed by atoms with Crippen LogP contribution < -0.4 is 9.46 Å². The van der Waals surface area contributed by atoms with Crippen molar-refractivity contribution in [1.29, 1.82) is 0 Å². The number of nitrogens with zero attached hydrogens (tertiary/aromatic N) is 1. The van der Waals surface area contributed by atoms with E-state index in [2.05, 4.69) is 4.72 Å². The molecule has 0 spiro atoms. The Balaban J connectivity index is 1.72. The van der Waals surface area contributed by atoms with Crippen molar-refractivity contribution in [3.05, 3.63) is 60.2 Å². The molecule has 1 aliphatic rings. The Morgan fingerprint density at radius 1 is 1.12 bits per heavy atom. The van der Waals surface area contributed by atoms with Gasteiger partial charge in [-0.15, -0.1) is 0 Å². The Morgan fingerprint density at radius 3 is 2.42 bits per heavy atom. The quantitative estimate of drug-likeness (QED) is 0.791. The number of carbonyl (C=O) groups excluding carboxylic acids is 1. The van der Waals surface area contributed by atoms with E-state index in [0.717, 1.165) is 25.1 Å². The highest BCUT2D eigenvalue weighted by atomic mass is 32.2. The smallest absolute Gasteiger partial charge is 0.262 e. The number of hydrogen-bond acceptors (Lipinski definition) is 4. The van der Waals surface area contributed by atoms with Gasteiger partial charge < -0.3 is 9.64 Å². The molecule has 0 aromatic heterocycles. The third-order valence-electron chi connectivity index (χ3n) is 4.13. The Labute approximate surface area is 153 Å². The first kappa shape index (κ1) is 18.0. The highest BCUT2D eigenvalue weighted by Gasteiger charge is 2.18. The number of amides is 1. The number of nitrogens with one attached hydrogen (secondary N) is 1. The lowest BCUT2D eigenvalue weighted by molar-refractivity contribution is -0.129. The third kappa shape index (κ3) is 4.05. The maximum atomic E-state index is 12.5. The molecule has 2 aromatic rings. The Kier molecular flexibility index (Phi) is 5.27. The Hall–Kier alpha value is -2.80. The summed E-state index contributed by atoms with van der Waals surface area (Å²) < 4.78 is 32.8. The largest absolute Gasteiger partial charge is 0.495 e. The van der Waals surface area contributed by atoms with Gasteiger partial charge in [0.2, 0.25) is 5.91 Å². The van der Waals surface area contributed by atoms with Crippen LogP contribution >= 0.6 is 0 Å². The van der Waals surface area contributed by atoms with Crippen LogP contribution in [-0.2, 0) is 14.8 Å². The lowest BCUT2D eigenvalue weighted by Gasteiger charge is -2.29. The Morgan fingerprint density at radius 2 is 1.81 bits per heavy atom. The minimum Gasteiger partial charge on any atom is -0.495 e. The fourth-order valence-corrected chi connectivity index (χ4v) is 3.57. The van der Waals surface area contributed by atoms with E-state index in [4.69, 9.17) is 4.74 Å². The molecule has 1 heterocycles. The molecule has 0 aliphatic carbocycles. The third-order valence-corrected chi connectivity index (χ3v) is 5.51. The van der Waals surface area contributed by atoms with Gasteiger partial charge in [-0.1, -0.05) is 24.3 Å². The summed E-state index contributed by atoms with van der Waals surface area (Å²) in [4.78, 5) is 13.7. The van der Waals surface area contributed by atoms with Gasteiger partial charge >= 0.3 is 0 Å². The molecule has 26 heavy (non-hydrogen) atoms. The number of ether oxygens (including phenoxy) is 1. The molecule has 7 heteroatoms. The van der Waals surface area contributed by atoms with Gasteiger partial charge in [0, 0.05) is 19.2 Å². The minimum absolute atomic E-state index is 0.0224. The molecule has 1 fully saturated rings. The molecule has 3 rings (SSSR count). The highest BCUT2D eigenvalue weighted by molar-refractivity contribution is 7.92. The van der Waals surface area contributed by atoms with E-state index in [-0.39, 0.29) is 10.8 Å². The molecule has 0 saturated carbocycles. The van der Waals surface area contributed by atoms with Crippen LogP contribution in [0.5, 0.6) is 5.75 Å². The number of rotatable bonds is 6.